The average molecular weight is 1670 g/mol. The number of carbonyl (C=O) groups excluding carboxylic acids is 3. The molecule has 0 fully saturated rings. The molecule has 610 valence electrons. The van der Waals surface area contributed by atoms with Gasteiger partial charge in [-0.1, -0.05) is 295 Å². The van der Waals surface area contributed by atoms with Crippen molar-refractivity contribution in [2.24, 2.45) is 20.0 Å². The fourth-order valence-electron chi connectivity index (χ4n) is 11.7. The summed E-state index contributed by atoms with van der Waals surface area (Å²) >= 11 is 17.8. The van der Waals surface area contributed by atoms with Crippen molar-refractivity contribution in [2.45, 2.75) is 47.0 Å². The van der Waals surface area contributed by atoms with Gasteiger partial charge in [-0.25, -0.2) is 20.0 Å². The van der Waals surface area contributed by atoms with Crippen molar-refractivity contribution in [1.82, 2.24) is 0 Å². The van der Waals surface area contributed by atoms with Gasteiger partial charge in [0.2, 0.25) is 11.8 Å². The lowest BCUT2D eigenvalue weighted by Crippen LogP contribution is -2.11. The highest BCUT2D eigenvalue weighted by atomic mass is 35.5. The Hall–Kier alpha value is -14.3. The summed E-state index contributed by atoms with van der Waals surface area (Å²) in [5.41, 5.74) is 33.2. The van der Waals surface area contributed by atoms with Gasteiger partial charge in [0.15, 0.2) is 0 Å². The van der Waals surface area contributed by atoms with E-state index in [1.807, 2.05) is 337 Å². The van der Waals surface area contributed by atoms with Gasteiger partial charge in [-0.05, 0) is 238 Å². The quantitative estimate of drug-likeness (QED) is 0.0238. The molecule has 0 saturated heterocycles. The summed E-state index contributed by atoms with van der Waals surface area (Å²) in [5.74, 6) is 1.12. The van der Waals surface area contributed by atoms with E-state index < -0.39 is 5.24 Å². The van der Waals surface area contributed by atoms with Crippen molar-refractivity contribution in [3.05, 3.63) is 490 Å². The van der Waals surface area contributed by atoms with Crippen LogP contribution in [0.5, 0.6) is 0 Å². The number of nitrogen functional groups attached to an aromatic ring is 2. The number of halogens is 3. The molecule has 6 N–H and O–H groups in total. The molecular formula is C106H95Cl3N8O5. The number of anilines is 4. The Kier molecular flexibility index (Phi) is 36.3. The van der Waals surface area contributed by atoms with Crippen LogP contribution in [0.4, 0.5) is 45.5 Å². The molecule has 0 atom stereocenters. The number of amides is 2. The normalized spacial score (nSPS) is 10.9. The standard InChI is InChI=1S/C31H30N2O2.C27H20Cl2N2.2C14H13NO.C13H14N2.C7H5ClO/c1-3-34-30(26-11-7-5-8-12-26)32-28-19-15-24(16-20-28)23-25-17-21-29(22-18-25)33-31(35-4-2)27-13-9-6-10-14-27;28-26(22-7-3-1-4-8-22)30-24-15-11-20(12-16-24)19-21-13-17-25(18-14-21)31-27(29)23-9-5-2-6-10-23;2*1-11-7-9-13(10-8-11)15-14(16)12-5-3-2-4-6-12;14-12-5-1-10(2-6-12)9-11-3-7-13(15)8-4-11;8-7(9)6-4-2-1-3-5-6/h5-22H,3-4,23H2,1-2H3;1-18H,19H2;2*2-10H,1H3,(H,15,16);1-8H,9,14-15H2;1-5H. The first kappa shape index (κ1) is 90.0. The zero-order valence-electron chi connectivity index (χ0n) is 68.3. The summed E-state index contributed by atoms with van der Waals surface area (Å²) in [7, 11) is 0. The molecule has 0 aliphatic heterocycles. The number of carbonyl (C=O) groups is 3. The number of nitrogens with zero attached hydrogens (tertiary/aromatic N) is 4. The third-order valence-electron chi connectivity index (χ3n) is 18.2. The monoisotopic (exact) mass is 1660 g/mol. The number of benzene rings is 15. The third kappa shape index (κ3) is 31.5. The van der Waals surface area contributed by atoms with Gasteiger partial charge >= 0.3 is 0 Å². The van der Waals surface area contributed by atoms with Gasteiger partial charge < -0.3 is 31.6 Å². The van der Waals surface area contributed by atoms with Crippen molar-refractivity contribution >= 4 is 119 Å². The van der Waals surface area contributed by atoms with Crippen LogP contribution in [0.2, 0.25) is 0 Å². The van der Waals surface area contributed by atoms with Crippen LogP contribution in [-0.2, 0) is 28.7 Å². The minimum atomic E-state index is -0.407. The molecule has 13 nitrogen and oxygen atoms in total. The molecule has 15 aromatic carbocycles. The molecule has 15 rings (SSSR count). The number of hydrogen-bond donors (Lipinski definition) is 4. The maximum Gasteiger partial charge on any atom is 0.255 e. The van der Waals surface area contributed by atoms with Crippen molar-refractivity contribution in [2.75, 3.05) is 35.3 Å². The number of aryl methyl sites for hydroxylation is 2. The average Bonchev–Trinajstić information content (AvgIpc) is 0.865. The van der Waals surface area contributed by atoms with E-state index in [0.717, 1.165) is 87.0 Å². The number of nitrogens with two attached hydrogens (primary N) is 2. The van der Waals surface area contributed by atoms with Crippen LogP contribution in [0.25, 0.3) is 0 Å². The minimum absolute atomic E-state index is 0.0792. The highest BCUT2D eigenvalue weighted by Gasteiger charge is 2.11. The van der Waals surface area contributed by atoms with Gasteiger partial charge in [0.05, 0.1) is 36.0 Å². The second-order valence-electron chi connectivity index (χ2n) is 27.7. The summed E-state index contributed by atoms with van der Waals surface area (Å²) in [5, 5.41) is 6.26. The molecule has 122 heavy (non-hydrogen) atoms. The Morgan fingerprint density at radius 2 is 0.492 bits per heavy atom. The molecule has 15 aromatic rings. The number of hydrogen-bond acceptors (Lipinski definition) is 11. The van der Waals surface area contributed by atoms with Crippen LogP contribution < -0.4 is 22.1 Å². The molecule has 0 aliphatic rings. The summed E-state index contributed by atoms with van der Waals surface area (Å²) in [6.45, 7) is 9.12. The van der Waals surface area contributed by atoms with E-state index in [4.69, 9.17) is 65.7 Å². The largest absolute Gasteiger partial charge is 0.478 e. The Morgan fingerprint density at radius 1 is 0.270 bits per heavy atom. The van der Waals surface area contributed by atoms with E-state index in [9.17, 15) is 14.4 Å². The second kappa shape index (κ2) is 49.1. The smallest absolute Gasteiger partial charge is 0.255 e. The van der Waals surface area contributed by atoms with E-state index >= 15 is 0 Å². The molecule has 0 saturated carbocycles. The predicted octanol–water partition coefficient (Wildman–Crippen LogP) is 26.4. The summed E-state index contributed by atoms with van der Waals surface area (Å²) in [6, 6.07) is 131. The van der Waals surface area contributed by atoms with Gasteiger partial charge in [-0.15, -0.1) is 0 Å². The molecule has 0 spiro atoms. The second-order valence-corrected chi connectivity index (χ2v) is 28.7. The van der Waals surface area contributed by atoms with E-state index in [0.29, 0.717) is 52.0 Å². The Morgan fingerprint density at radius 3 is 0.730 bits per heavy atom. The lowest BCUT2D eigenvalue weighted by atomic mass is 10.0. The van der Waals surface area contributed by atoms with Crippen molar-refractivity contribution in [1.29, 1.82) is 0 Å². The molecule has 0 aromatic heterocycles. The first-order valence-corrected chi connectivity index (χ1v) is 40.9. The summed E-state index contributed by atoms with van der Waals surface area (Å²) < 4.78 is 11.5. The molecular weight excluding hydrogens is 1570 g/mol. The number of aliphatic imine (C=N–C) groups is 4. The Balaban J connectivity index is 0.000000162. The molecule has 0 unspecified atom stereocenters. The van der Waals surface area contributed by atoms with E-state index in [1.54, 1.807) is 48.5 Å². The summed E-state index contributed by atoms with van der Waals surface area (Å²) in [4.78, 5) is 52.4. The Bertz CT molecular complexity index is 5450. The van der Waals surface area contributed by atoms with Gasteiger partial charge in [0.25, 0.3) is 17.1 Å². The van der Waals surface area contributed by atoms with Crippen LogP contribution in [-0.4, -0.2) is 52.4 Å². The lowest BCUT2D eigenvalue weighted by Gasteiger charge is -2.09. The molecule has 0 heterocycles. The van der Waals surface area contributed by atoms with Gasteiger partial charge in [0, 0.05) is 61.7 Å². The third-order valence-corrected chi connectivity index (χ3v) is 19.0. The van der Waals surface area contributed by atoms with E-state index in [-0.39, 0.29) is 11.8 Å². The molecule has 0 aliphatic carbocycles. The van der Waals surface area contributed by atoms with Gasteiger partial charge in [0.1, 0.15) is 10.3 Å². The molecule has 16 heteroatoms. The maximum atomic E-state index is 11.8. The first-order valence-electron chi connectivity index (χ1n) is 39.8. The lowest BCUT2D eigenvalue weighted by molar-refractivity contribution is 0.101. The van der Waals surface area contributed by atoms with Crippen LogP contribution in [0.3, 0.4) is 0 Å². The zero-order valence-corrected chi connectivity index (χ0v) is 70.6. The first-order chi connectivity index (χ1) is 59.5. The molecule has 2 amide bonds. The van der Waals surface area contributed by atoms with Gasteiger partial charge in [-0.3, -0.25) is 14.4 Å². The Labute approximate surface area is 730 Å². The molecule has 0 radical (unpaired) electrons. The SMILES string of the molecule is CCOC(=Nc1ccc(Cc2ccc(N=C(OCC)c3ccccc3)cc2)cc1)c1ccccc1.Cc1ccc(NC(=O)c2ccccc2)cc1.Cc1ccc(NC(=O)c2ccccc2)cc1.ClC(=Nc1ccc(Cc2ccc(N=C(Cl)c3ccccc3)cc2)cc1)c1ccccc1.Nc1ccc(Cc2ccc(N)cc2)cc1.O=C(Cl)c1ccccc1. The number of rotatable bonds is 21. The zero-order chi connectivity index (χ0) is 85.9. The fourth-order valence-corrected chi connectivity index (χ4v) is 12.3. The topological polar surface area (TPSA) is 195 Å². The molecule has 0 bridgehead atoms. The van der Waals surface area contributed by atoms with Gasteiger partial charge in [-0.2, -0.15) is 0 Å². The number of ether oxygens (including phenoxy) is 2. The van der Waals surface area contributed by atoms with E-state index in [2.05, 4.69) is 69.1 Å². The fraction of sp³-hybridized carbons (Fsp3) is 0.0849. The van der Waals surface area contributed by atoms with E-state index in [1.165, 1.54) is 44.5 Å². The van der Waals surface area contributed by atoms with Crippen molar-refractivity contribution in [3.63, 3.8) is 0 Å². The van der Waals surface area contributed by atoms with Crippen LogP contribution in [0.1, 0.15) is 112 Å². The van der Waals surface area contributed by atoms with Crippen LogP contribution in [0.15, 0.2) is 426 Å². The maximum absolute atomic E-state index is 11.8. The van der Waals surface area contributed by atoms with Crippen molar-refractivity contribution in [3.8, 4) is 0 Å². The number of nitrogens with one attached hydrogen (secondary N) is 2. The van der Waals surface area contributed by atoms with Crippen LogP contribution >= 0.6 is 34.8 Å². The van der Waals surface area contributed by atoms with Crippen LogP contribution in [0, 0.1) is 13.8 Å². The predicted molar refractivity (Wildman–Crippen MR) is 509 cm³/mol. The highest BCUT2D eigenvalue weighted by Crippen LogP contribution is 2.25. The minimum Gasteiger partial charge on any atom is -0.478 e. The summed E-state index contributed by atoms with van der Waals surface area (Å²) in [6.07, 6.45) is 2.58. The highest BCUT2D eigenvalue weighted by molar-refractivity contribution is 6.70. The van der Waals surface area contributed by atoms with Crippen molar-refractivity contribution < 1.29 is 23.9 Å².